The molecule has 42 valence electrons. The summed E-state index contributed by atoms with van der Waals surface area (Å²) in [6.07, 6.45) is 0.402. The van der Waals surface area contributed by atoms with Crippen LogP contribution in [0, 0.1) is 0 Å². The molecule has 3 heteroatoms. The Morgan fingerprint density at radius 1 is 1.71 bits per heavy atom. The molecule has 2 nitrogen and oxygen atoms in total. The Morgan fingerprint density at radius 2 is 2.43 bits per heavy atom. The molecule has 0 aliphatic rings. The Kier molecular flexibility index (Phi) is 4.94. The van der Waals surface area contributed by atoms with Gasteiger partial charge in [0.2, 0.25) is 0 Å². The van der Waals surface area contributed by atoms with Crippen molar-refractivity contribution in [1.29, 1.82) is 0 Å². The number of nitrogens with zero attached hydrogens (tertiary/aromatic N) is 1. The van der Waals surface area contributed by atoms with Crippen molar-refractivity contribution < 1.29 is 9.23 Å². The van der Waals surface area contributed by atoms with Crippen molar-refractivity contribution in [3.63, 3.8) is 0 Å². The smallest absolute Gasteiger partial charge is 0.119 e. The summed E-state index contributed by atoms with van der Waals surface area (Å²) >= 11 is 0. The molecule has 0 radical (unpaired) electrons. The third-order valence-electron chi connectivity index (χ3n) is 0.461. The maximum absolute atomic E-state index is 11.2. The highest BCUT2D eigenvalue weighted by molar-refractivity contribution is 5.21. The second kappa shape index (κ2) is 5.40. The lowest BCUT2D eigenvalue weighted by atomic mass is 10.5. The van der Waals surface area contributed by atoms with Crippen molar-refractivity contribution >= 4 is 6.72 Å². The highest BCUT2D eigenvalue weighted by Crippen LogP contribution is 1.81. The third-order valence-corrected chi connectivity index (χ3v) is 0.461. The van der Waals surface area contributed by atoms with Crippen molar-refractivity contribution in [3.05, 3.63) is 0 Å². The van der Waals surface area contributed by atoms with Gasteiger partial charge in [0.05, 0.1) is 6.67 Å². The Hall–Kier alpha value is -0.600. The molecule has 0 aromatic heterocycles. The van der Waals surface area contributed by atoms with E-state index >= 15 is 0 Å². The summed E-state index contributed by atoms with van der Waals surface area (Å²) in [5, 5.41) is 3.06. The Bertz CT molecular complexity index is 49.0. The van der Waals surface area contributed by atoms with Gasteiger partial charge in [-0.2, -0.15) is 0 Å². The van der Waals surface area contributed by atoms with E-state index in [0.29, 0.717) is 13.0 Å². The minimum absolute atomic E-state index is 0.333. The molecule has 0 aromatic carbocycles. The van der Waals surface area contributed by atoms with E-state index in [4.69, 9.17) is 0 Å². The lowest BCUT2D eigenvalue weighted by molar-refractivity contribution is 0.138. The molecule has 0 unspecified atom stereocenters. The first-order chi connectivity index (χ1) is 3.41. The molecular formula is C4H8FNO. The Morgan fingerprint density at radius 3 is 2.86 bits per heavy atom. The molecule has 0 amide bonds. The van der Waals surface area contributed by atoms with Gasteiger partial charge in [0.1, 0.15) is 6.61 Å². The SMILES string of the molecule is C=NOCCCF. The van der Waals surface area contributed by atoms with Crippen LogP contribution in [-0.2, 0) is 4.84 Å². The first kappa shape index (κ1) is 6.40. The molecule has 0 rings (SSSR count). The van der Waals surface area contributed by atoms with Crippen molar-refractivity contribution in [2.24, 2.45) is 5.16 Å². The third kappa shape index (κ3) is 5.40. The van der Waals surface area contributed by atoms with Crippen LogP contribution in [0.2, 0.25) is 0 Å². The maximum Gasteiger partial charge on any atom is 0.119 e. The fraction of sp³-hybridized carbons (Fsp3) is 0.750. The van der Waals surface area contributed by atoms with Crippen LogP contribution in [0.5, 0.6) is 0 Å². The largest absolute Gasteiger partial charge is 0.396 e. The fourth-order valence-electron chi connectivity index (χ4n) is 0.184. The zero-order valence-corrected chi connectivity index (χ0v) is 4.06. The van der Waals surface area contributed by atoms with Gasteiger partial charge in [0, 0.05) is 13.1 Å². The topological polar surface area (TPSA) is 21.6 Å². The molecule has 0 bridgehead atoms. The van der Waals surface area contributed by atoms with Crippen molar-refractivity contribution in [2.75, 3.05) is 13.3 Å². The lowest BCUT2D eigenvalue weighted by Gasteiger charge is -1.90. The average molecular weight is 105 g/mol. The summed E-state index contributed by atoms with van der Waals surface area (Å²) < 4.78 is 11.2. The molecule has 0 fully saturated rings. The Labute approximate surface area is 42.0 Å². The molecular weight excluding hydrogens is 97.0 g/mol. The number of hydrogen-bond donors (Lipinski definition) is 0. The van der Waals surface area contributed by atoms with Crippen LogP contribution >= 0.6 is 0 Å². The van der Waals surface area contributed by atoms with Crippen LogP contribution in [0.15, 0.2) is 5.16 Å². The van der Waals surface area contributed by atoms with Gasteiger partial charge in [0.25, 0.3) is 0 Å². The van der Waals surface area contributed by atoms with E-state index in [-0.39, 0.29) is 6.67 Å². The average Bonchev–Trinajstić information content (AvgIpc) is 1.69. The predicted octanol–water partition coefficient (Wildman–Crippen LogP) is 0.978. The van der Waals surface area contributed by atoms with Gasteiger partial charge in [-0.25, -0.2) is 0 Å². The van der Waals surface area contributed by atoms with E-state index in [1.165, 1.54) is 0 Å². The van der Waals surface area contributed by atoms with Gasteiger partial charge in [-0.1, -0.05) is 0 Å². The minimum atomic E-state index is -0.352. The summed E-state index contributed by atoms with van der Waals surface area (Å²) in [6, 6.07) is 0. The van der Waals surface area contributed by atoms with Gasteiger partial charge in [-0.05, 0) is 0 Å². The van der Waals surface area contributed by atoms with Gasteiger partial charge < -0.3 is 4.84 Å². The van der Waals surface area contributed by atoms with Crippen LogP contribution in [0.25, 0.3) is 0 Å². The minimum Gasteiger partial charge on any atom is -0.396 e. The van der Waals surface area contributed by atoms with E-state index in [9.17, 15) is 4.39 Å². The van der Waals surface area contributed by atoms with Crippen molar-refractivity contribution in [1.82, 2.24) is 0 Å². The summed E-state index contributed by atoms with van der Waals surface area (Å²) in [6.45, 7) is 3.02. The van der Waals surface area contributed by atoms with Gasteiger partial charge in [-0.15, -0.1) is 5.16 Å². The van der Waals surface area contributed by atoms with E-state index in [1.807, 2.05) is 0 Å². The van der Waals surface area contributed by atoms with Crippen molar-refractivity contribution in [3.8, 4) is 0 Å². The van der Waals surface area contributed by atoms with E-state index in [2.05, 4.69) is 16.7 Å². The van der Waals surface area contributed by atoms with E-state index < -0.39 is 0 Å². The number of hydrogen-bond acceptors (Lipinski definition) is 2. The standard InChI is InChI=1S/C4H8FNO/c1-6-7-4-2-3-5/h1-4H2. The fourth-order valence-corrected chi connectivity index (χ4v) is 0.184. The second-order valence-electron chi connectivity index (χ2n) is 1.00. The summed E-state index contributed by atoms with van der Waals surface area (Å²) in [7, 11) is 0. The maximum atomic E-state index is 11.2. The molecule has 0 spiro atoms. The predicted molar refractivity (Wildman–Crippen MR) is 26.1 cm³/mol. The van der Waals surface area contributed by atoms with Gasteiger partial charge in [0.15, 0.2) is 0 Å². The number of halogens is 1. The van der Waals surface area contributed by atoms with Crippen LogP contribution in [-0.4, -0.2) is 20.0 Å². The first-order valence-corrected chi connectivity index (χ1v) is 2.05. The molecule has 0 heterocycles. The summed E-state index contributed by atoms with van der Waals surface area (Å²) in [5.74, 6) is 0. The zero-order chi connectivity index (χ0) is 5.54. The molecule has 0 aliphatic heterocycles. The molecule has 0 saturated heterocycles. The number of rotatable bonds is 4. The summed E-state index contributed by atoms with van der Waals surface area (Å²) in [5.41, 5.74) is 0. The van der Waals surface area contributed by atoms with Gasteiger partial charge >= 0.3 is 0 Å². The molecule has 0 aromatic rings. The highest BCUT2D eigenvalue weighted by atomic mass is 19.1. The molecule has 0 atom stereocenters. The number of oxime groups is 1. The summed E-state index contributed by atoms with van der Waals surface area (Å²) in [4.78, 5) is 4.35. The van der Waals surface area contributed by atoms with E-state index in [0.717, 1.165) is 0 Å². The zero-order valence-electron chi connectivity index (χ0n) is 4.06. The van der Waals surface area contributed by atoms with Crippen LogP contribution in [0.4, 0.5) is 4.39 Å². The number of alkyl halides is 1. The van der Waals surface area contributed by atoms with E-state index in [1.54, 1.807) is 0 Å². The van der Waals surface area contributed by atoms with Crippen molar-refractivity contribution in [2.45, 2.75) is 6.42 Å². The monoisotopic (exact) mass is 105 g/mol. The van der Waals surface area contributed by atoms with Crippen LogP contribution in [0.3, 0.4) is 0 Å². The molecule has 0 N–H and O–H groups in total. The quantitative estimate of drug-likeness (QED) is 0.296. The van der Waals surface area contributed by atoms with Crippen LogP contribution in [0.1, 0.15) is 6.42 Å². The molecule has 0 aliphatic carbocycles. The molecule has 7 heavy (non-hydrogen) atoms. The van der Waals surface area contributed by atoms with Gasteiger partial charge in [-0.3, -0.25) is 4.39 Å². The normalized spacial score (nSPS) is 8.14. The lowest BCUT2D eigenvalue weighted by Crippen LogP contribution is -1.86. The molecule has 0 saturated carbocycles. The van der Waals surface area contributed by atoms with Crippen LogP contribution < -0.4 is 0 Å². The highest BCUT2D eigenvalue weighted by Gasteiger charge is 1.80. The Balaban J connectivity index is 2.56. The first-order valence-electron chi connectivity index (χ1n) is 2.05. The second-order valence-corrected chi connectivity index (χ2v) is 1.00.